The molecule has 0 aromatic heterocycles. The SMILES string of the molecule is CC(C1CCCC1)N1CCNCC1C(=O)N(C)C. The molecular weight excluding hydrogens is 226 g/mol. The Kier molecular flexibility index (Phi) is 4.62. The Bertz CT molecular complexity index is 287. The topological polar surface area (TPSA) is 35.6 Å². The van der Waals surface area contributed by atoms with E-state index in [1.54, 1.807) is 4.90 Å². The Morgan fingerprint density at radius 3 is 2.61 bits per heavy atom. The highest BCUT2D eigenvalue weighted by atomic mass is 16.2. The molecular formula is C14H27N3O. The molecule has 18 heavy (non-hydrogen) atoms. The van der Waals surface area contributed by atoms with Crippen LogP contribution in [0.1, 0.15) is 32.6 Å². The van der Waals surface area contributed by atoms with E-state index in [4.69, 9.17) is 0 Å². The highest BCUT2D eigenvalue weighted by molar-refractivity contribution is 5.81. The van der Waals surface area contributed by atoms with E-state index in [0.29, 0.717) is 6.04 Å². The third-order valence-corrected chi connectivity index (χ3v) is 4.62. The van der Waals surface area contributed by atoms with Crippen molar-refractivity contribution in [2.75, 3.05) is 33.7 Å². The molecule has 4 heteroatoms. The first-order valence-corrected chi connectivity index (χ1v) is 7.29. The van der Waals surface area contributed by atoms with Crippen molar-refractivity contribution < 1.29 is 4.79 Å². The van der Waals surface area contributed by atoms with Crippen LogP contribution in [0.3, 0.4) is 0 Å². The monoisotopic (exact) mass is 253 g/mol. The Labute approximate surface area is 111 Å². The van der Waals surface area contributed by atoms with E-state index in [-0.39, 0.29) is 11.9 Å². The number of piperazine rings is 1. The van der Waals surface area contributed by atoms with Crippen molar-refractivity contribution in [2.45, 2.75) is 44.7 Å². The van der Waals surface area contributed by atoms with Crippen LogP contribution in [-0.4, -0.2) is 61.5 Å². The normalized spacial score (nSPS) is 28.3. The second-order valence-electron chi connectivity index (χ2n) is 5.98. The van der Waals surface area contributed by atoms with Crippen LogP contribution in [-0.2, 0) is 4.79 Å². The predicted octanol–water partition coefficient (Wildman–Crippen LogP) is 0.927. The molecule has 2 unspecified atom stereocenters. The fraction of sp³-hybridized carbons (Fsp3) is 0.929. The highest BCUT2D eigenvalue weighted by Gasteiger charge is 2.36. The van der Waals surface area contributed by atoms with Gasteiger partial charge in [-0.2, -0.15) is 0 Å². The van der Waals surface area contributed by atoms with Crippen LogP contribution in [0.25, 0.3) is 0 Å². The maximum atomic E-state index is 12.3. The average molecular weight is 253 g/mol. The summed E-state index contributed by atoms with van der Waals surface area (Å²) in [5.74, 6) is 1.03. The van der Waals surface area contributed by atoms with Crippen molar-refractivity contribution in [2.24, 2.45) is 5.92 Å². The summed E-state index contributed by atoms with van der Waals surface area (Å²) in [7, 11) is 3.71. The molecule has 1 N–H and O–H groups in total. The zero-order valence-electron chi connectivity index (χ0n) is 12.0. The summed E-state index contributed by atoms with van der Waals surface area (Å²) in [6.45, 7) is 5.13. The maximum absolute atomic E-state index is 12.3. The number of amides is 1. The van der Waals surface area contributed by atoms with E-state index in [0.717, 1.165) is 25.6 Å². The van der Waals surface area contributed by atoms with E-state index in [1.165, 1.54) is 25.7 Å². The molecule has 0 aromatic carbocycles. The van der Waals surface area contributed by atoms with E-state index >= 15 is 0 Å². The molecule has 2 aliphatic rings. The summed E-state index contributed by atoms with van der Waals surface area (Å²) in [5, 5.41) is 3.36. The van der Waals surface area contributed by atoms with Crippen LogP contribution < -0.4 is 5.32 Å². The van der Waals surface area contributed by atoms with Crippen LogP contribution >= 0.6 is 0 Å². The molecule has 0 spiro atoms. The number of carbonyl (C=O) groups is 1. The van der Waals surface area contributed by atoms with Gasteiger partial charge in [-0.1, -0.05) is 12.8 Å². The largest absolute Gasteiger partial charge is 0.347 e. The minimum absolute atomic E-state index is 0.0318. The highest BCUT2D eigenvalue weighted by Crippen LogP contribution is 2.31. The van der Waals surface area contributed by atoms with Crippen molar-refractivity contribution in [1.82, 2.24) is 15.1 Å². The molecule has 0 bridgehead atoms. The van der Waals surface area contributed by atoms with Gasteiger partial charge in [0.25, 0.3) is 0 Å². The molecule has 1 amide bonds. The van der Waals surface area contributed by atoms with Gasteiger partial charge in [0.2, 0.25) is 5.91 Å². The summed E-state index contributed by atoms with van der Waals surface area (Å²) in [5.41, 5.74) is 0. The van der Waals surface area contributed by atoms with Gasteiger partial charge in [0.15, 0.2) is 0 Å². The third kappa shape index (κ3) is 2.86. The summed E-state index contributed by atoms with van der Waals surface area (Å²) in [6.07, 6.45) is 5.42. The Hall–Kier alpha value is -0.610. The summed E-state index contributed by atoms with van der Waals surface area (Å²) in [6, 6.07) is 0.577. The first-order chi connectivity index (χ1) is 8.61. The van der Waals surface area contributed by atoms with Crippen LogP contribution in [0.15, 0.2) is 0 Å². The zero-order chi connectivity index (χ0) is 13.1. The lowest BCUT2D eigenvalue weighted by Gasteiger charge is -2.42. The van der Waals surface area contributed by atoms with Crippen molar-refractivity contribution in [3.05, 3.63) is 0 Å². The number of rotatable bonds is 3. The summed E-state index contributed by atoms with van der Waals surface area (Å²) < 4.78 is 0. The second kappa shape index (κ2) is 6.02. The van der Waals surface area contributed by atoms with Crippen molar-refractivity contribution in [3.8, 4) is 0 Å². The van der Waals surface area contributed by atoms with Crippen LogP contribution in [0.2, 0.25) is 0 Å². The van der Waals surface area contributed by atoms with Crippen LogP contribution in [0, 0.1) is 5.92 Å². The van der Waals surface area contributed by atoms with Crippen LogP contribution in [0.5, 0.6) is 0 Å². The number of nitrogens with zero attached hydrogens (tertiary/aromatic N) is 2. The van der Waals surface area contributed by atoms with Gasteiger partial charge in [0.1, 0.15) is 6.04 Å². The third-order valence-electron chi connectivity index (χ3n) is 4.62. The van der Waals surface area contributed by atoms with Gasteiger partial charge in [-0.25, -0.2) is 0 Å². The molecule has 2 fully saturated rings. The van der Waals surface area contributed by atoms with Gasteiger partial charge >= 0.3 is 0 Å². The van der Waals surface area contributed by atoms with E-state index in [1.807, 2.05) is 14.1 Å². The average Bonchev–Trinajstić information content (AvgIpc) is 2.90. The molecule has 1 heterocycles. The van der Waals surface area contributed by atoms with Gasteiger partial charge < -0.3 is 10.2 Å². The van der Waals surface area contributed by atoms with Crippen molar-refractivity contribution in [3.63, 3.8) is 0 Å². The van der Waals surface area contributed by atoms with Gasteiger partial charge in [-0.3, -0.25) is 9.69 Å². The second-order valence-corrected chi connectivity index (χ2v) is 5.98. The standard InChI is InChI=1S/C14H27N3O/c1-11(12-6-4-5-7-12)17-9-8-15-10-13(17)14(18)16(2)3/h11-13,15H,4-10H2,1-3H3. The zero-order valence-corrected chi connectivity index (χ0v) is 12.0. The first-order valence-electron chi connectivity index (χ1n) is 7.29. The number of likely N-dealkylation sites (N-methyl/N-ethyl adjacent to an activating group) is 1. The molecule has 2 atom stereocenters. The molecule has 1 saturated carbocycles. The summed E-state index contributed by atoms with van der Waals surface area (Å²) in [4.78, 5) is 16.4. The molecule has 1 aliphatic heterocycles. The number of nitrogens with one attached hydrogen (secondary N) is 1. The Morgan fingerprint density at radius 2 is 2.00 bits per heavy atom. The predicted molar refractivity (Wildman–Crippen MR) is 73.5 cm³/mol. The Morgan fingerprint density at radius 1 is 1.33 bits per heavy atom. The lowest BCUT2D eigenvalue weighted by Crippen LogP contribution is -2.61. The fourth-order valence-corrected chi connectivity index (χ4v) is 3.45. The first kappa shape index (κ1) is 13.8. The van der Waals surface area contributed by atoms with E-state index in [9.17, 15) is 4.79 Å². The van der Waals surface area contributed by atoms with Gasteiger partial charge in [-0.15, -0.1) is 0 Å². The minimum Gasteiger partial charge on any atom is -0.347 e. The molecule has 1 aliphatic carbocycles. The Balaban J connectivity index is 2.04. The molecule has 2 rings (SSSR count). The number of hydrogen-bond acceptors (Lipinski definition) is 3. The quantitative estimate of drug-likeness (QED) is 0.812. The lowest BCUT2D eigenvalue weighted by atomic mass is 9.95. The molecule has 4 nitrogen and oxygen atoms in total. The summed E-state index contributed by atoms with van der Waals surface area (Å²) >= 11 is 0. The smallest absolute Gasteiger partial charge is 0.240 e. The van der Waals surface area contributed by atoms with Gasteiger partial charge in [0.05, 0.1) is 0 Å². The van der Waals surface area contributed by atoms with E-state index < -0.39 is 0 Å². The lowest BCUT2D eigenvalue weighted by molar-refractivity contribution is -0.136. The fourth-order valence-electron chi connectivity index (χ4n) is 3.45. The number of carbonyl (C=O) groups excluding carboxylic acids is 1. The maximum Gasteiger partial charge on any atom is 0.240 e. The van der Waals surface area contributed by atoms with E-state index in [2.05, 4.69) is 17.1 Å². The molecule has 0 radical (unpaired) electrons. The number of hydrogen-bond donors (Lipinski definition) is 1. The molecule has 1 saturated heterocycles. The van der Waals surface area contributed by atoms with Crippen molar-refractivity contribution >= 4 is 5.91 Å². The van der Waals surface area contributed by atoms with Crippen molar-refractivity contribution in [1.29, 1.82) is 0 Å². The molecule has 104 valence electrons. The minimum atomic E-state index is 0.0318. The van der Waals surface area contributed by atoms with Gasteiger partial charge in [0, 0.05) is 39.8 Å². The molecule has 0 aromatic rings. The van der Waals surface area contributed by atoms with Gasteiger partial charge in [-0.05, 0) is 25.7 Å². The van der Waals surface area contributed by atoms with Crippen LogP contribution in [0.4, 0.5) is 0 Å².